The first-order valence-corrected chi connectivity index (χ1v) is 12.1. The number of aromatic nitrogens is 2. The number of aromatic amines is 1. The van der Waals surface area contributed by atoms with Crippen LogP contribution in [0.3, 0.4) is 0 Å². The first-order chi connectivity index (χ1) is 16.8. The molecule has 9 heteroatoms. The second-order valence-corrected chi connectivity index (χ2v) is 8.76. The van der Waals surface area contributed by atoms with Crippen molar-refractivity contribution in [3.63, 3.8) is 0 Å². The number of carbonyl (C=O) groups excluding carboxylic acids is 1. The highest BCUT2D eigenvalue weighted by Crippen LogP contribution is 2.23. The summed E-state index contributed by atoms with van der Waals surface area (Å²) in [7, 11) is 0. The predicted molar refractivity (Wildman–Crippen MR) is 139 cm³/mol. The maximum Gasteiger partial charge on any atom is 0.330 e. The summed E-state index contributed by atoms with van der Waals surface area (Å²) in [5.74, 6) is 0.426. The fourth-order valence-electron chi connectivity index (χ4n) is 3.75. The minimum atomic E-state index is -0.672. The van der Waals surface area contributed by atoms with E-state index < -0.39 is 11.2 Å². The zero-order valence-corrected chi connectivity index (χ0v) is 20.8. The highest BCUT2D eigenvalue weighted by Gasteiger charge is 2.23. The highest BCUT2D eigenvalue weighted by molar-refractivity contribution is 6.30. The molecule has 0 fully saturated rings. The van der Waals surface area contributed by atoms with Crippen molar-refractivity contribution < 1.29 is 9.53 Å². The van der Waals surface area contributed by atoms with Crippen LogP contribution in [0.4, 0.5) is 11.5 Å². The Morgan fingerprint density at radius 2 is 1.89 bits per heavy atom. The molecule has 1 aromatic heterocycles. The number of H-pyrrole nitrogens is 1. The van der Waals surface area contributed by atoms with Gasteiger partial charge in [-0.05, 0) is 49.1 Å². The zero-order valence-electron chi connectivity index (χ0n) is 20.1. The number of nitrogen functional groups attached to an aromatic ring is 1. The van der Waals surface area contributed by atoms with Crippen molar-refractivity contribution >= 4 is 29.0 Å². The van der Waals surface area contributed by atoms with Crippen LogP contribution in [0.2, 0.25) is 5.02 Å². The average Bonchev–Trinajstić information content (AvgIpc) is 2.83. The minimum absolute atomic E-state index is 0.00782. The van der Waals surface area contributed by atoms with E-state index in [-0.39, 0.29) is 30.4 Å². The third kappa shape index (κ3) is 6.76. The average molecular weight is 499 g/mol. The smallest absolute Gasteiger partial charge is 0.330 e. The van der Waals surface area contributed by atoms with Gasteiger partial charge in [0.05, 0.1) is 13.2 Å². The van der Waals surface area contributed by atoms with Gasteiger partial charge in [-0.1, -0.05) is 55.3 Å². The quantitative estimate of drug-likeness (QED) is 0.386. The lowest BCUT2D eigenvalue weighted by Gasteiger charge is -2.24. The van der Waals surface area contributed by atoms with Gasteiger partial charge in [-0.25, -0.2) is 4.79 Å². The number of hydrogen-bond acceptors (Lipinski definition) is 5. The lowest BCUT2D eigenvalue weighted by atomic mass is 10.2. The van der Waals surface area contributed by atoms with Crippen molar-refractivity contribution in [3.8, 4) is 5.75 Å². The van der Waals surface area contributed by atoms with Gasteiger partial charge in [0.2, 0.25) is 5.91 Å². The molecule has 0 aliphatic rings. The minimum Gasteiger partial charge on any atom is -0.493 e. The Balaban J connectivity index is 1.78. The summed E-state index contributed by atoms with van der Waals surface area (Å²) in [6.07, 6.45) is 2.12. The Morgan fingerprint density at radius 1 is 1.14 bits per heavy atom. The van der Waals surface area contributed by atoms with E-state index in [0.29, 0.717) is 36.8 Å². The largest absolute Gasteiger partial charge is 0.493 e. The van der Waals surface area contributed by atoms with Gasteiger partial charge in [-0.15, -0.1) is 0 Å². The number of hydrogen-bond donors (Lipinski definition) is 2. The fourth-order valence-corrected chi connectivity index (χ4v) is 3.98. The molecule has 186 valence electrons. The molecule has 0 atom stereocenters. The van der Waals surface area contributed by atoms with Gasteiger partial charge in [0.25, 0.3) is 5.56 Å². The van der Waals surface area contributed by atoms with Crippen molar-refractivity contribution in [2.75, 3.05) is 23.8 Å². The first-order valence-electron chi connectivity index (χ1n) is 11.7. The predicted octanol–water partition coefficient (Wildman–Crippen LogP) is 4.12. The molecule has 0 bridgehead atoms. The van der Waals surface area contributed by atoms with Crippen LogP contribution in [0.25, 0.3) is 0 Å². The van der Waals surface area contributed by atoms with Crippen molar-refractivity contribution in [1.29, 1.82) is 0 Å². The summed E-state index contributed by atoms with van der Waals surface area (Å²) in [4.78, 5) is 42.2. The molecular formula is C26H31ClN4O4. The van der Waals surface area contributed by atoms with Crippen molar-refractivity contribution in [3.05, 3.63) is 85.5 Å². The summed E-state index contributed by atoms with van der Waals surface area (Å²) in [6.45, 7) is 4.73. The summed E-state index contributed by atoms with van der Waals surface area (Å²) < 4.78 is 7.07. The Morgan fingerprint density at radius 3 is 2.57 bits per heavy atom. The number of ether oxygens (including phenoxy) is 1. The number of nitrogens with zero attached hydrogens (tertiary/aromatic N) is 2. The number of aryl methyl sites for hydroxylation is 1. The van der Waals surface area contributed by atoms with Gasteiger partial charge >= 0.3 is 5.69 Å². The van der Waals surface area contributed by atoms with Gasteiger partial charge in [0.1, 0.15) is 11.6 Å². The van der Waals surface area contributed by atoms with Crippen LogP contribution in [0.1, 0.15) is 43.7 Å². The third-order valence-corrected chi connectivity index (χ3v) is 5.87. The number of unbranched alkanes of at least 4 members (excludes halogenated alkanes) is 1. The molecule has 3 N–H and O–H groups in total. The SMILES string of the molecule is CCCCN(C(=O)CCCOc1ccc(Cl)cc1C)c1c(N)n(Cc2ccccc2)c(=O)[nH]c1=O. The van der Waals surface area contributed by atoms with E-state index in [1.165, 1.54) is 9.47 Å². The second kappa shape index (κ2) is 12.3. The lowest BCUT2D eigenvalue weighted by Crippen LogP contribution is -2.41. The van der Waals surface area contributed by atoms with E-state index in [1.807, 2.05) is 50.2 Å². The van der Waals surface area contributed by atoms with Crippen LogP contribution >= 0.6 is 11.6 Å². The van der Waals surface area contributed by atoms with Crippen LogP contribution in [0, 0.1) is 6.92 Å². The molecule has 0 radical (unpaired) electrons. The van der Waals surface area contributed by atoms with Gasteiger partial charge in [-0.3, -0.25) is 19.1 Å². The number of amides is 1. The van der Waals surface area contributed by atoms with Crippen molar-refractivity contribution in [2.45, 2.75) is 46.1 Å². The molecular weight excluding hydrogens is 468 g/mol. The van der Waals surface area contributed by atoms with Crippen LogP contribution in [0.5, 0.6) is 5.75 Å². The van der Waals surface area contributed by atoms with E-state index in [4.69, 9.17) is 22.1 Å². The number of nitrogens with one attached hydrogen (secondary N) is 1. The number of carbonyl (C=O) groups is 1. The van der Waals surface area contributed by atoms with Crippen LogP contribution in [-0.4, -0.2) is 28.6 Å². The van der Waals surface area contributed by atoms with Gasteiger partial charge in [0, 0.05) is 18.0 Å². The third-order valence-electron chi connectivity index (χ3n) is 5.63. The maximum atomic E-state index is 13.2. The number of halogens is 1. The van der Waals surface area contributed by atoms with Crippen molar-refractivity contribution in [1.82, 2.24) is 9.55 Å². The molecule has 0 saturated carbocycles. The normalized spacial score (nSPS) is 10.8. The molecule has 0 aliphatic heterocycles. The topological polar surface area (TPSA) is 110 Å². The number of benzene rings is 2. The molecule has 1 amide bonds. The maximum absolute atomic E-state index is 13.2. The lowest BCUT2D eigenvalue weighted by molar-refractivity contribution is -0.118. The molecule has 1 heterocycles. The molecule has 35 heavy (non-hydrogen) atoms. The van der Waals surface area contributed by atoms with Crippen LogP contribution in [-0.2, 0) is 11.3 Å². The van der Waals surface area contributed by atoms with Crippen LogP contribution < -0.4 is 26.6 Å². The molecule has 0 unspecified atom stereocenters. The summed E-state index contributed by atoms with van der Waals surface area (Å²) in [5.41, 5.74) is 6.79. The molecule has 0 spiro atoms. The molecule has 0 aliphatic carbocycles. The zero-order chi connectivity index (χ0) is 25.4. The summed E-state index contributed by atoms with van der Waals surface area (Å²) in [5, 5.41) is 0.632. The highest BCUT2D eigenvalue weighted by atomic mass is 35.5. The number of anilines is 2. The number of rotatable bonds is 11. The van der Waals surface area contributed by atoms with E-state index >= 15 is 0 Å². The molecule has 2 aromatic carbocycles. The number of nitrogens with two attached hydrogens (primary N) is 1. The van der Waals surface area contributed by atoms with Gasteiger partial charge in [0.15, 0.2) is 5.69 Å². The Hall–Kier alpha value is -3.52. The van der Waals surface area contributed by atoms with E-state index in [9.17, 15) is 14.4 Å². The fraction of sp³-hybridized carbons (Fsp3) is 0.346. The molecule has 3 rings (SSSR count). The second-order valence-electron chi connectivity index (χ2n) is 8.33. The van der Waals surface area contributed by atoms with E-state index in [2.05, 4.69) is 4.98 Å². The van der Waals surface area contributed by atoms with Crippen molar-refractivity contribution in [2.24, 2.45) is 0 Å². The monoisotopic (exact) mass is 498 g/mol. The first kappa shape index (κ1) is 26.1. The Kier molecular flexibility index (Phi) is 9.14. The molecule has 0 saturated heterocycles. The van der Waals surface area contributed by atoms with Gasteiger partial charge < -0.3 is 15.4 Å². The van der Waals surface area contributed by atoms with Gasteiger partial charge in [-0.2, -0.15) is 0 Å². The molecule has 8 nitrogen and oxygen atoms in total. The van der Waals surface area contributed by atoms with E-state index in [1.54, 1.807) is 12.1 Å². The molecule has 3 aromatic rings. The Labute approximate surface area is 209 Å². The summed E-state index contributed by atoms with van der Waals surface area (Å²) >= 11 is 5.98. The van der Waals surface area contributed by atoms with E-state index in [0.717, 1.165) is 17.5 Å². The standard InChI is InChI=1S/C26H31ClN4O4/c1-3-4-14-30(22(32)11-8-15-35-21-13-12-20(27)16-18(21)2)23-24(28)31(26(34)29-25(23)33)17-19-9-6-5-7-10-19/h5-7,9-10,12-13,16H,3-4,8,11,14-15,17,28H2,1-2H3,(H,29,33,34). The van der Waals surface area contributed by atoms with Crippen LogP contribution in [0.15, 0.2) is 58.1 Å². The Bertz CT molecular complexity index is 1270. The summed E-state index contributed by atoms with van der Waals surface area (Å²) in [6, 6.07) is 14.7.